The molecule has 16 heavy (non-hydrogen) atoms. The van der Waals surface area contributed by atoms with E-state index in [4.69, 9.17) is 9.47 Å². The molecule has 0 amide bonds. The highest BCUT2D eigenvalue weighted by Crippen LogP contribution is 2.50. The summed E-state index contributed by atoms with van der Waals surface area (Å²) in [6, 6.07) is 0. The number of methoxy groups -OCH3 is 1. The molecule has 3 unspecified atom stereocenters. The summed E-state index contributed by atoms with van der Waals surface area (Å²) in [6.45, 7) is 5.90. The minimum atomic E-state index is -0.290. The zero-order chi connectivity index (χ0) is 11.8. The van der Waals surface area contributed by atoms with Gasteiger partial charge in [0.2, 0.25) is 0 Å². The van der Waals surface area contributed by atoms with Gasteiger partial charge in [0, 0.05) is 18.1 Å². The third-order valence-corrected chi connectivity index (χ3v) is 3.51. The average molecular weight is 222 g/mol. The second-order valence-electron chi connectivity index (χ2n) is 4.90. The van der Waals surface area contributed by atoms with Crippen molar-refractivity contribution in [3.63, 3.8) is 0 Å². The molecule has 2 aliphatic carbocycles. The Morgan fingerprint density at radius 3 is 2.94 bits per heavy atom. The molecule has 0 aromatic rings. The molecular weight excluding hydrogens is 204 g/mol. The fraction of sp³-hybridized carbons (Fsp3) is 0.615. The van der Waals surface area contributed by atoms with Crippen molar-refractivity contribution < 1.29 is 14.3 Å². The molecule has 2 bridgehead atoms. The second kappa shape index (κ2) is 4.06. The first kappa shape index (κ1) is 11.4. The van der Waals surface area contributed by atoms with E-state index in [9.17, 15) is 4.79 Å². The van der Waals surface area contributed by atoms with E-state index in [1.54, 1.807) is 14.0 Å². The Kier molecular flexibility index (Phi) is 2.89. The summed E-state index contributed by atoms with van der Waals surface area (Å²) in [5.74, 6) is 0.250. The van der Waals surface area contributed by atoms with Gasteiger partial charge in [0.25, 0.3) is 0 Å². The van der Waals surface area contributed by atoms with Crippen molar-refractivity contribution in [1.29, 1.82) is 0 Å². The van der Waals surface area contributed by atoms with Gasteiger partial charge in [0.05, 0.1) is 6.61 Å². The van der Waals surface area contributed by atoms with Gasteiger partial charge in [-0.3, -0.25) is 0 Å². The molecule has 0 radical (unpaired) electrons. The molecule has 88 valence electrons. The number of hydrogen-bond donors (Lipinski definition) is 0. The Balaban J connectivity index is 2.08. The summed E-state index contributed by atoms with van der Waals surface area (Å²) in [4.78, 5) is 11.5. The van der Waals surface area contributed by atoms with Crippen molar-refractivity contribution in [3.05, 3.63) is 24.3 Å². The fourth-order valence-electron chi connectivity index (χ4n) is 2.73. The maximum Gasteiger partial charge on any atom is 0.333 e. The summed E-state index contributed by atoms with van der Waals surface area (Å²) >= 11 is 0. The lowest BCUT2D eigenvalue weighted by molar-refractivity contribution is -0.149. The van der Waals surface area contributed by atoms with E-state index in [1.807, 2.05) is 0 Å². The molecule has 0 aromatic carbocycles. The zero-order valence-electron chi connectivity index (χ0n) is 9.86. The second-order valence-corrected chi connectivity index (χ2v) is 4.90. The van der Waals surface area contributed by atoms with Gasteiger partial charge in [-0.1, -0.05) is 18.7 Å². The molecule has 2 rings (SSSR count). The van der Waals surface area contributed by atoms with Gasteiger partial charge in [-0.15, -0.1) is 0 Å². The van der Waals surface area contributed by atoms with Crippen LogP contribution in [0.15, 0.2) is 24.3 Å². The monoisotopic (exact) mass is 222 g/mol. The smallest absolute Gasteiger partial charge is 0.333 e. The predicted octanol–water partition coefficient (Wildman–Crippen LogP) is 2.09. The van der Waals surface area contributed by atoms with E-state index in [0.29, 0.717) is 18.1 Å². The SMILES string of the molecule is C=C(C)C(=O)OC1CC2C=CC1(COC)C2. The van der Waals surface area contributed by atoms with Gasteiger partial charge in [0.15, 0.2) is 0 Å². The molecule has 0 heterocycles. The van der Waals surface area contributed by atoms with Gasteiger partial charge in [-0.25, -0.2) is 4.79 Å². The molecule has 3 heteroatoms. The van der Waals surface area contributed by atoms with Crippen molar-refractivity contribution in [2.75, 3.05) is 13.7 Å². The topological polar surface area (TPSA) is 35.5 Å². The van der Waals surface area contributed by atoms with E-state index in [2.05, 4.69) is 18.7 Å². The van der Waals surface area contributed by atoms with Crippen LogP contribution in [0.1, 0.15) is 19.8 Å². The van der Waals surface area contributed by atoms with Crippen molar-refractivity contribution >= 4 is 5.97 Å². The lowest BCUT2D eigenvalue weighted by atomic mass is 9.86. The Morgan fingerprint density at radius 1 is 1.62 bits per heavy atom. The minimum absolute atomic E-state index is 0.0494. The third-order valence-electron chi connectivity index (χ3n) is 3.51. The standard InChI is InChI=1S/C13H18O3/c1-9(2)12(14)16-11-6-10-4-5-13(11,7-10)8-15-3/h4-5,10-11H,1,6-8H2,2-3H3. The number of ether oxygens (including phenoxy) is 2. The van der Waals surface area contributed by atoms with Crippen molar-refractivity contribution in [2.24, 2.45) is 11.3 Å². The first-order valence-electron chi connectivity index (χ1n) is 5.62. The highest BCUT2D eigenvalue weighted by atomic mass is 16.5. The Hall–Kier alpha value is -1.09. The first-order chi connectivity index (χ1) is 7.57. The fourth-order valence-corrected chi connectivity index (χ4v) is 2.73. The van der Waals surface area contributed by atoms with E-state index in [1.165, 1.54) is 0 Å². The van der Waals surface area contributed by atoms with E-state index < -0.39 is 0 Å². The van der Waals surface area contributed by atoms with Gasteiger partial charge in [-0.2, -0.15) is 0 Å². The molecule has 2 aliphatic rings. The Labute approximate surface area is 96.1 Å². The molecular formula is C13H18O3. The van der Waals surface area contributed by atoms with E-state index >= 15 is 0 Å². The van der Waals surface area contributed by atoms with Crippen molar-refractivity contribution in [3.8, 4) is 0 Å². The van der Waals surface area contributed by atoms with Crippen LogP contribution in [0.25, 0.3) is 0 Å². The summed E-state index contributed by atoms with van der Waals surface area (Å²) in [6.07, 6.45) is 6.27. The Morgan fingerprint density at radius 2 is 2.38 bits per heavy atom. The molecule has 3 atom stereocenters. The minimum Gasteiger partial charge on any atom is -0.458 e. The van der Waals surface area contributed by atoms with Crippen molar-refractivity contribution in [1.82, 2.24) is 0 Å². The number of esters is 1. The van der Waals surface area contributed by atoms with Gasteiger partial charge >= 0.3 is 5.97 Å². The lowest BCUT2D eigenvalue weighted by Gasteiger charge is -2.31. The average Bonchev–Trinajstić information content (AvgIpc) is 2.75. The van der Waals surface area contributed by atoms with Gasteiger partial charge in [0.1, 0.15) is 6.10 Å². The lowest BCUT2D eigenvalue weighted by Crippen LogP contribution is -2.36. The molecule has 0 aliphatic heterocycles. The van der Waals surface area contributed by atoms with Crippen LogP contribution in [0, 0.1) is 11.3 Å². The van der Waals surface area contributed by atoms with Crippen LogP contribution >= 0.6 is 0 Å². The highest BCUT2D eigenvalue weighted by Gasteiger charge is 2.50. The summed E-state index contributed by atoms with van der Waals surface area (Å²) in [5, 5.41) is 0. The molecule has 0 N–H and O–H groups in total. The molecule has 1 fully saturated rings. The van der Waals surface area contributed by atoms with Gasteiger partial charge < -0.3 is 9.47 Å². The van der Waals surface area contributed by atoms with Crippen LogP contribution in [0.2, 0.25) is 0 Å². The van der Waals surface area contributed by atoms with Crippen LogP contribution in [0.5, 0.6) is 0 Å². The number of allylic oxidation sites excluding steroid dienone is 1. The van der Waals surface area contributed by atoms with Crippen LogP contribution in [0.4, 0.5) is 0 Å². The first-order valence-corrected chi connectivity index (χ1v) is 5.62. The molecule has 3 nitrogen and oxygen atoms in total. The maximum atomic E-state index is 11.5. The number of carbonyl (C=O) groups is 1. The van der Waals surface area contributed by atoms with E-state index in [0.717, 1.165) is 12.8 Å². The largest absolute Gasteiger partial charge is 0.458 e. The maximum absolute atomic E-state index is 11.5. The van der Waals surface area contributed by atoms with Crippen LogP contribution in [0.3, 0.4) is 0 Å². The summed E-state index contributed by atoms with van der Waals surface area (Å²) in [7, 11) is 1.69. The van der Waals surface area contributed by atoms with Crippen molar-refractivity contribution in [2.45, 2.75) is 25.9 Å². The quantitative estimate of drug-likeness (QED) is 0.415. The molecule has 1 saturated carbocycles. The van der Waals surface area contributed by atoms with Crippen LogP contribution < -0.4 is 0 Å². The molecule has 0 saturated heterocycles. The van der Waals surface area contributed by atoms with Crippen LogP contribution in [-0.2, 0) is 14.3 Å². The van der Waals surface area contributed by atoms with Gasteiger partial charge in [-0.05, 0) is 25.7 Å². The number of carbonyl (C=O) groups excluding carboxylic acids is 1. The molecule has 0 aromatic heterocycles. The normalized spacial score (nSPS) is 35.4. The van der Waals surface area contributed by atoms with E-state index in [-0.39, 0.29) is 17.5 Å². The summed E-state index contributed by atoms with van der Waals surface area (Å²) in [5.41, 5.74) is 0.365. The zero-order valence-corrected chi connectivity index (χ0v) is 9.86. The molecule has 0 spiro atoms. The number of fused-ring (bicyclic) bond motifs is 2. The number of hydrogen-bond acceptors (Lipinski definition) is 3. The Bertz CT molecular complexity index is 345. The summed E-state index contributed by atoms with van der Waals surface area (Å²) < 4.78 is 10.7. The van der Waals surface area contributed by atoms with Crippen LogP contribution in [-0.4, -0.2) is 25.8 Å². The third kappa shape index (κ3) is 1.80. The highest BCUT2D eigenvalue weighted by molar-refractivity contribution is 5.87. The number of rotatable bonds is 4. The predicted molar refractivity (Wildman–Crippen MR) is 60.9 cm³/mol.